The Balaban J connectivity index is 2.92. The highest BCUT2D eigenvalue weighted by Gasteiger charge is 2.26. The van der Waals surface area contributed by atoms with Gasteiger partial charge in [-0.05, 0) is 24.7 Å². The molecule has 0 aliphatic rings. The Kier molecular flexibility index (Phi) is 6.87. The van der Waals surface area contributed by atoms with Crippen molar-refractivity contribution in [1.29, 1.82) is 0 Å². The van der Waals surface area contributed by atoms with Crippen LogP contribution in [0.2, 0.25) is 0 Å². The van der Waals surface area contributed by atoms with Gasteiger partial charge in [0, 0.05) is 19.5 Å². The van der Waals surface area contributed by atoms with E-state index in [4.69, 9.17) is 0 Å². The topological polar surface area (TPSA) is 66.1 Å². The maximum absolute atomic E-state index is 12.7. The predicted molar refractivity (Wildman–Crippen MR) is 85.6 cm³/mol. The number of imidazole rings is 1. The van der Waals surface area contributed by atoms with Crippen molar-refractivity contribution >= 4 is 10.0 Å². The van der Waals surface area contributed by atoms with Crippen molar-refractivity contribution in [1.82, 2.24) is 14.3 Å². The van der Waals surface area contributed by atoms with Crippen molar-refractivity contribution in [2.45, 2.75) is 58.9 Å². The van der Waals surface area contributed by atoms with Gasteiger partial charge in [-0.25, -0.2) is 13.4 Å². The molecule has 0 unspecified atom stereocenters. The van der Waals surface area contributed by atoms with Gasteiger partial charge in [-0.3, -0.25) is 0 Å². The van der Waals surface area contributed by atoms with Crippen LogP contribution in [0.15, 0.2) is 11.2 Å². The quantitative estimate of drug-likeness (QED) is 0.761. The molecule has 0 aliphatic heterocycles. The van der Waals surface area contributed by atoms with E-state index in [2.05, 4.69) is 37.7 Å². The van der Waals surface area contributed by atoms with Crippen LogP contribution in [0.3, 0.4) is 0 Å². The number of aromatic nitrogens is 2. The van der Waals surface area contributed by atoms with Crippen LogP contribution in [0.25, 0.3) is 0 Å². The van der Waals surface area contributed by atoms with E-state index in [-0.39, 0.29) is 5.03 Å². The molecule has 0 fully saturated rings. The van der Waals surface area contributed by atoms with Crippen LogP contribution < -0.4 is 0 Å². The summed E-state index contributed by atoms with van der Waals surface area (Å²) in [7, 11) is -3.47. The zero-order chi connectivity index (χ0) is 16.0. The number of nitrogens with zero attached hydrogens (tertiary/aromatic N) is 2. The van der Waals surface area contributed by atoms with Gasteiger partial charge in [-0.2, -0.15) is 4.31 Å². The highest BCUT2D eigenvalue weighted by Crippen LogP contribution is 2.17. The first-order valence-corrected chi connectivity index (χ1v) is 9.25. The van der Waals surface area contributed by atoms with E-state index in [0.29, 0.717) is 37.2 Å². The lowest BCUT2D eigenvalue weighted by molar-refractivity contribution is 0.356. The summed E-state index contributed by atoms with van der Waals surface area (Å²) in [5.41, 5.74) is 0. The number of sulfonamides is 1. The Morgan fingerprint density at radius 1 is 1.14 bits per heavy atom. The van der Waals surface area contributed by atoms with Crippen molar-refractivity contribution in [3.05, 3.63) is 12.0 Å². The van der Waals surface area contributed by atoms with E-state index < -0.39 is 10.0 Å². The second-order valence-electron chi connectivity index (χ2n) is 6.32. The van der Waals surface area contributed by atoms with Crippen LogP contribution in [0.4, 0.5) is 0 Å². The Morgan fingerprint density at radius 2 is 1.67 bits per heavy atom. The van der Waals surface area contributed by atoms with Crippen molar-refractivity contribution in [2.24, 2.45) is 11.8 Å². The minimum atomic E-state index is -3.47. The summed E-state index contributed by atoms with van der Waals surface area (Å²) in [4.78, 5) is 7.03. The second kappa shape index (κ2) is 7.94. The third kappa shape index (κ3) is 5.43. The number of hydrogen-bond acceptors (Lipinski definition) is 3. The fourth-order valence-corrected chi connectivity index (χ4v) is 3.35. The first-order valence-electron chi connectivity index (χ1n) is 7.81. The molecule has 0 bridgehead atoms. The van der Waals surface area contributed by atoms with E-state index in [9.17, 15) is 8.42 Å². The van der Waals surface area contributed by atoms with E-state index in [1.807, 2.05) is 6.92 Å². The maximum atomic E-state index is 12.7. The molecule has 5 nitrogen and oxygen atoms in total. The Labute approximate surface area is 129 Å². The van der Waals surface area contributed by atoms with Gasteiger partial charge < -0.3 is 4.98 Å². The third-order valence-corrected chi connectivity index (χ3v) is 5.28. The molecule has 21 heavy (non-hydrogen) atoms. The molecule has 122 valence electrons. The normalized spacial score (nSPS) is 12.8. The van der Waals surface area contributed by atoms with Gasteiger partial charge >= 0.3 is 0 Å². The smallest absolute Gasteiger partial charge is 0.260 e. The average molecular weight is 315 g/mol. The number of nitrogens with one attached hydrogen (secondary N) is 1. The first kappa shape index (κ1) is 18.2. The van der Waals surface area contributed by atoms with Gasteiger partial charge in [0.2, 0.25) is 0 Å². The van der Waals surface area contributed by atoms with Crippen LogP contribution in [0, 0.1) is 11.8 Å². The van der Waals surface area contributed by atoms with Gasteiger partial charge in [0.05, 0.1) is 6.20 Å². The Bertz CT molecular complexity index is 509. The summed E-state index contributed by atoms with van der Waals surface area (Å²) >= 11 is 0. The molecule has 1 N–H and O–H groups in total. The van der Waals surface area contributed by atoms with Gasteiger partial charge in [-0.15, -0.1) is 0 Å². The molecular formula is C15H29N3O2S. The van der Waals surface area contributed by atoms with Gasteiger partial charge in [0.15, 0.2) is 5.03 Å². The second-order valence-corrected chi connectivity index (χ2v) is 8.22. The fraction of sp³-hybridized carbons (Fsp3) is 0.800. The molecule has 0 amide bonds. The number of hydrogen-bond donors (Lipinski definition) is 1. The van der Waals surface area contributed by atoms with Crippen molar-refractivity contribution in [3.8, 4) is 0 Å². The van der Waals surface area contributed by atoms with E-state index in [0.717, 1.165) is 12.8 Å². The largest absolute Gasteiger partial charge is 0.332 e. The number of H-pyrrole nitrogens is 1. The van der Waals surface area contributed by atoms with E-state index in [1.54, 1.807) is 4.31 Å². The van der Waals surface area contributed by atoms with Crippen LogP contribution in [-0.4, -0.2) is 35.8 Å². The fourth-order valence-electron chi connectivity index (χ4n) is 1.95. The SMILES string of the molecule is CCc1ncc(S(=O)(=O)N(CCC(C)C)CCC(C)C)[nH]1. The molecule has 0 saturated carbocycles. The summed E-state index contributed by atoms with van der Waals surface area (Å²) < 4.78 is 27.1. The molecule has 0 spiro atoms. The van der Waals surface area contributed by atoms with Gasteiger partial charge in [0.1, 0.15) is 5.82 Å². The highest BCUT2D eigenvalue weighted by atomic mass is 32.2. The van der Waals surface area contributed by atoms with Crippen LogP contribution in [-0.2, 0) is 16.4 Å². The lowest BCUT2D eigenvalue weighted by Gasteiger charge is -2.23. The molecule has 1 heterocycles. The molecule has 1 aromatic rings. The summed E-state index contributed by atoms with van der Waals surface area (Å²) in [6.07, 6.45) is 3.87. The third-order valence-electron chi connectivity index (χ3n) is 3.47. The summed E-state index contributed by atoms with van der Waals surface area (Å²) in [6.45, 7) is 11.5. The molecule has 0 radical (unpaired) electrons. The van der Waals surface area contributed by atoms with E-state index in [1.165, 1.54) is 6.20 Å². The Morgan fingerprint density at radius 3 is 2.05 bits per heavy atom. The first-order chi connectivity index (χ1) is 9.77. The summed E-state index contributed by atoms with van der Waals surface area (Å²) in [5, 5.41) is 0.215. The predicted octanol–water partition coefficient (Wildman–Crippen LogP) is 3.06. The molecule has 0 aliphatic carbocycles. The van der Waals surface area contributed by atoms with Crippen LogP contribution in [0.5, 0.6) is 0 Å². The molecular weight excluding hydrogens is 286 g/mol. The zero-order valence-corrected chi connectivity index (χ0v) is 14.7. The molecule has 6 heteroatoms. The lowest BCUT2D eigenvalue weighted by atomic mass is 10.1. The van der Waals surface area contributed by atoms with Gasteiger partial charge in [-0.1, -0.05) is 34.6 Å². The highest BCUT2D eigenvalue weighted by molar-refractivity contribution is 7.89. The maximum Gasteiger partial charge on any atom is 0.260 e. The minimum absolute atomic E-state index is 0.215. The number of rotatable bonds is 9. The van der Waals surface area contributed by atoms with Gasteiger partial charge in [0.25, 0.3) is 10.0 Å². The molecule has 1 rings (SSSR count). The zero-order valence-electron chi connectivity index (χ0n) is 13.9. The minimum Gasteiger partial charge on any atom is -0.332 e. The molecule has 1 aromatic heterocycles. The number of aromatic amines is 1. The molecule has 0 aromatic carbocycles. The van der Waals surface area contributed by atoms with Crippen molar-refractivity contribution < 1.29 is 8.42 Å². The van der Waals surface area contributed by atoms with Crippen molar-refractivity contribution in [3.63, 3.8) is 0 Å². The molecule has 0 atom stereocenters. The average Bonchev–Trinajstić information content (AvgIpc) is 2.87. The lowest BCUT2D eigenvalue weighted by Crippen LogP contribution is -2.34. The summed E-state index contributed by atoms with van der Waals surface area (Å²) in [5.74, 6) is 1.67. The molecule has 0 saturated heterocycles. The summed E-state index contributed by atoms with van der Waals surface area (Å²) in [6, 6.07) is 0. The van der Waals surface area contributed by atoms with Crippen LogP contribution in [0.1, 0.15) is 53.3 Å². The number of aryl methyl sites for hydroxylation is 1. The monoisotopic (exact) mass is 315 g/mol. The van der Waals surface area contributed by atoms with E-state index >= 15 is 0 Å². The van der Waals surface area contributed by atoms with Crippen molar-refractivity contribution in [2.75, 3.05) is 13.1 Å². The van der Waals surface area contributed by atoms with Crippen LogP contribution >= 0.6 is 0 Å². The standard InChI is InChI=1S/C15H29N3O2S/c1-6-14-16-11-15(17-14)21(19,20)18(9-7-12(2)3)10-8-13(4)5/h11-13H,6-10H2,1-5H3,(H,16,17). The Hall–Kier alpha value is -0.880.